The van der Waals surface area contributed by atoms with Crippen LogP contribution < -0.4 is 15.4 Å². The highest BCUT2D eigenvalue weighted by Gasteiger charge is 2.61. The average Bonchev–Trinajstić information content (AvgIpc) is 3.39. The standard InChI is InChI=1S/C38H50N8O7S/c1-10-26-22-38(26,34(49)43-54(51,52)44(8)9)40-32(47)28-21-27(23-45(28)33(48)31(36(2,3)4)39-35(50)53-37(5,6)7)46-41-29(24-17-13-11-14-18-24)30(42-46)25-19-15-12-16-20-25/h10-20,26-28,31H,1,21-23H2,2-9H3,(H,39,50)(H,40,47)(H,43,49)/t26-,27-,28+,31-,38+/m1/s1. The van der Waals surface area contributed by atoms with Gasteiger partial charge in [0, 0.05) is 44.1 Å². The van der Waals surface area contributed by atoms with Crippen LogP contribution in [-0.2, 0) is 29.3 Å². The zero-order chi connectivity index (χ0) is 39.8. The highest BCUT2D eigenvalue weighted by atomic mass is 32.2. The van der Waals surface area contributed by atoms with Gasteiger partial charge in [0.15, 0.2) is 0 Å². The van der Waals surface area contributed by atoms with Crippen LogP contribution in [0.15, 0.2) is 73.3 Å². The number of benzene rings is 2. The Kier molecular flexibility index (Phi) is 11.1. The average molecular weight is 763 g/mol. The van der Waals surface area contributed by atoms with E-state index in [1.54, 1.807) is 41.5 Å². The molecule has 0 spiro atoms. The van der Waals surface area contributed by atoms with Gasteiger partial charge in [-0.2, -0.15) is 27.7 Å². The lowest BCUT2D eigenvalue weighted by Gasteiger charge is -2.36. The molecular weight excluding hydrogens is 713 g/mol. The Bertz CT molecular complexity index is 1950. The van der Waals surface area contributed by atoms with Crippen molar-refractivity contribution in [2.75, 3.05) is 20.6 Å². The normalized spacial score (nSPS) is 21.9. The molecule has 54 heavy (non-hydrogen) atoms. The summed E-state index contributed by atoms with van der Waals surface area (Å²) >= 11 is 0. The maximum absolute atomic E-state index is 14.6. The Morgan fingerprint density at radius 1 is 0.944 bits per heavy atom. The smallest absolute Gasteiger partial charge is 0.408 e. The molecule has 1 saturated carbocycles. The lowest BCUT2D eigenvalue weighted by molar-refractivity contribution is -0.143. The van der Waals surface area contributed by atoms with Gasteiger partial charge in [0.2, 0.25) is 11.8 Å². The fourth-order valence-corrected chi connectivity index (χ4v) is 7.02. The summed E-state index contributed by atoms with van der Waals surface area (Å²) in [4.78, 5) is 58.5. The highest BCUT2D eigenvalue weighted by Crippen LogP contribution is 2.45. The van der Waals surface area contributed by atoms with Gasteiger partial charge in [0.05, 0.1) is 6.04 Å². The van der Waals surface area contributed by atoms with Crippen LogP contribution in [0.3, 0.4) is 0 Å². The van der Waals surface area contributed by atoms with Crippen molar-refractivity contribution in [2.24, 2.45) is 11.3 Å². The monoisotopic (exact) mass is 762 g/mol. The maximum atomic E-state index is 14.6. The van der Waals surface area contributed by atoms with Crippen LogP contribution in [0.5, 0.6) is 0 Å². The van der Waals surface area contributed by atoms with E-state index in [-0.39, 0.29) is 19.4 Å². The molecule has 0 unspecified atom stereocenters. The Balaban J connectivity index is 1.54. The van der Waals surface area contributed by atoms with Crippen LogP contribution in [-0.4, -0.2) is 100 Å². The summed E-state index contributed by atoms with van der Waals surface area (Å²) in [6.07, 6.45) is 0.830. The third kappa shape index (κ3) is 8.65. The number of likely N-dealkylation sites (tertiary alicyclic amines) is 1. The van der Waals surface area contributed by atoms with Crippen LogP contribution in [0.2, 0.25) is 0 Å². The summed E-state index contributed by atoms with van der Waals surface area (Å²) in [5, 5.41) is 15.3. The second-order valence-electron chi connectivity index (χ2n) is 16.0. The zero-order valence-electron chi connectivity index (χ0n) is 32.0. The molecule has 1 aromatic heterocycles. The largest absolute Gasteiger partial charge is 0.444 e. The quantitative estimate of drug-likeness (QED) is 0.245. The lowest BCUT2D eigenvalue weighted by atomic mass is 9.85. The molecule has 5 atom stereocenters. The number of hydrogen-bond acceptors (Lipinski definition) is 9. The molecule has 3 aromatic rings. The minimum Gasteiger partial charge on any atom is -0.444 e. The molecule has 0 radical (unpaired) electrons. The molecule has 15 nitrogen and oxygen atoms in total. The van der Waals surface area contributed by atoms with Gasteiger partial charge in [-0.1, -0.05) is 87.5 Å². The van der Waals surface area contributed by atoms with Crippen molar-refractivity contribution in [2.45, 2.75) is 83.6 Å². The summed E-state index contributed by atoms with van der Waals surface area (Å²) in [7, 11) is -1.64. The van der Waals surface area contributed by atoms with Crippen molar-refractivity contribution >= 4 is 34.0 Å². The number of nitrogens with zero attached hydrogens (tertiary/aromatic N) is 5. The lowest BCUT2D eigenvalue weighted by Crippen LogP contribution is -2.60. The third-order valence-electron chi connectivity index (χ3n) is 9.44. The van der Waals surface area contributed by atoms with E-state index in [0.717, 1.165) is 15.4 Å². The van der Waals surface area contributed by atoms with Crippen LogP contribution in [0.4, 0.5) is 4.79 Å². The van der Waals surface area contributed by atoms with Gasteiger partial charge in [-0.15, -0.1) is 6.58 Å². The first-order valence-corrected chi connectivity index (χ1v) is 19.2. The summed E-state index contributed by atoms with van der Waals surface area (Å²) in [5.41, 5.74) is -0.422. The molecule has 2 aromatic carbocycles. The summed E-state index contributed by atoms with van der Waals surface area (Å²) in [5.74, 6) is -2.73. The van der Waals surface area contributed by atoms with Gasteiger partial charge in [-0.05, 0) is 32.6 Å². The van der Waals surface area contributed by atoms with E-state index in [2.05, 4.69) is 17.2 Å². The fraction of sp³-hybridized carbons (Fsp3) is 0.474. The van der Waals surface area contributed by atoms with Gasteiger partial charge >= 0.3 is 16.3 Å². The predicted octanol–water partition coefficient (Wildman–Crippen LogP) is 3.68. The Morgan fingerprint density at radius 3 is 1.93 bits per heavy atom. The second-order valence-corrected chi connectivity index (χ2v) is 17.9. The highest BCUT2D eigenvalue weighted by molar-refractivity contribution is 7.87. The maximum Gasteiger partial charge on any atom is 0.408 e. The topological polar surface area (TPSA) is 185 Å². The number of aromatic nitrogens is 3. The molecule has 1 saturated heterocycles. The second kappa shape index (κ2) is 15.0. The minimum atomic E-state index is -4.18. The van der Waals surface area contributed by atoms with Gasteiger partial charge in [-0.3, -0.25) is 14.4 Å². The molecule has 0 bridgehead atoms. The molecule has 5 rings (SSSR count). The number of nitrogens with one attached hydrogen (secondary N) is 3. The van der Waals surface area contributed by atoms with Gasteiger partial charge < -0.3 is 20.3 Å². The molecular formula is C38H50N8O7S. The van der Waals surface area contributed by atoms with Crippen molar-refractivity contribution in [3.8, 4) is 22.5 Å². The van der Waals surface area contributed by atoms with E-state index >= 15 is 0 Å². The molecule has 16 heteroatoms. The van der Waals surface area contributed by atoms with Gasteiger partial charge in [0.25, 0.3) is 5.91 Å². The van der Waals surface area contributed by atoms with Crippen LogP contribution in [0.25, 0.3) is 22.5 Å². The van der Waals surface area contributed by atoms with Gasteiger partial charge in [0.1, 0.15) is 34.6 Å². The van der Waals surface area contributed by atoms with E-state index in [4.69, 9.17) is 14.9 Å². The molecule has 2 aliphatic rings. The number of rotatable bonds is 11. The SMILES string of the molecule is C=C[C@@H]1C[C@@]1(NC(=O)[C@@H]1C[C@@H](n2nc(-c3ccccc3)c(-c3ccccc3)n2)CN1C(=O)[C@@H](NC(=O)OC(C)(C)C)C(C)(C)C)C(=O)NS(=O)(=O)N(C)C. The molecule has 4 amide bonds. The Labute approximate surface area is 316 Å². The van der Waals surface area contributed by atoms with E-state index in [9.17, 15) is 27.6 Å². The zero-order valence-corrected chi connectivity index (χ0v) is 32.8. The number of amides is 4. The first-order valence-electron chi connectivity index (χ1n) is 17.7. The number of ether oxygens (including phenoxy) is 1. The van der Waals surface area contributed by atoms with Crippen molar-refractivity contribution in [3.05, 3.63) is 73.3 Å². The summed E-state index contributed by atoms with van der Waals surface area (Å²) in [6, 6.07) is 16.2. The Hall–Kier alpha value is -5.09. The van der Waals surface area contributed by atoms with E-state index < -0.39 is 74.6 Å². The molecule has 1 aliphatic carbocycles. The van der Waals surface area contributed by atoms with Crippen LogP contribution >= 0.6 is 0 Å². The van der Waals surface area contributed by atoms with Crippen LogP contribution in [0, 0.1) is 11.3 Å². The molecule has 1 aliphatic heterocycles. The minimum absolute atomic E-state index is 0.0181. The number of carbonyl (C=O) groups is 4. The third-order valence-corrected chi connectivity index (χ3v) is 10.8. The molecule has 2 fully saturated rings. The number of hydrogen-bond donors (Lipinski definition) is 3. The number of carbonyl (C=O) groups excluding carboxylic acids is 4. The van der Waals surface area contributed by atoms with Gasteiger partial charge in [-0.25, -0.2) is 9.52 Å². The van der Waals surface area contributed by atoms with E-state index in [0.29, 0.717) is 11.4 Å². The molecule has 2 heterocycles. The fourth-order valence-electron chi connectivity index (χ4n) is 6.42. The molecule has 3 N–H and O–H groups in total. The first-order chi connectivity index (χ1) is 25.2. The molecule has 290 valence electrons. The first kappa shape index (κ1) is 40.1. The van der Waals surface area contributed by atoms with Crippen molar-refractivity contribution in [1.82, 2.24) is 39.6 Å². The Morgan fingerprint density at radius 2 is 1.48 bits per heavy atom. The number of alkyl carbamates (subject to hydrolysis) is 1. The van der Waals surface area contributed by atoms with E-state index in [1.807, 2.05) is 65.4 Å². The summed E-state index contributed by atoms with van der Waals surface area (Å²) in [6.45, 7) is 14.2. The van der Waals surface area contributed by atoms with Crippen molar-refractivity contribution in [1.29, 1.82) is 0 Å². The van der Waals surface area contributed by atoms with Crippen molar-refractivity contribution < 1.29 is 32.3 Å². The summed E-state index contributed by atoms with van der Waals surface area (Å²) < 4.78 is 33.6. The predicted molar refractivity (Wildman–Crippen MR) is 203 cm³/mol. The van der Waals surface area contributed by atoms with Crippen LogP contribution in [0.1, 0.15) is 60.4 Å². The van der Waals surface area contributed by atoms with E-state index in [1.165, 1.54) is 29.9 Å². The van der Waals surface area contributed by atoms with Crippen molar-refractivity contribution in [3.63, 3.8) is 0 Å².